The fraction of sp³-hybridized carbons (Fsp3) is 0.0909. The van der Waals surface area contributed by atoms with Crippen molar-refractivity contribution in [2.75, 3.05) is 18.5 Å². The lowest BCUT2D eigenvalue weighted by Gasteiger charge is -2.13. The number of halogens is 4. The fourth-order valence-electron chi connectivity index (χ4n) is 3.38. The number of rotatable bonds is 5. The number of nitrogens with zero attached hydrogens (tertiary/aromatic N) is 1. The molecule has 0 aliphatic carbocycles. The third kappa shape index (κ3) is 4.25. The molecule has 0 bridgehead atoms. The third-order valence-corrected chi connectivity index (χ3v) is 6.70. The van der Waals surface area contributed by atoms with E-state index in [0.29, 0.717) is 10.6 Å². The average molecular weight is 526 g/mol. The maximum Gasteiger partial charge on any atom is 0.326 e. The van der Waals surface area contributed by atoms with Crippen molar-refractivity contribution in [3.05, 3.63) is 73.7 Å². The van der Waals surface area contributed by atoms with Gasteiger partial charge >= 0.3 is 5.97 Å². The van der Waals surface area contributed by atoms with E-state index >= 15 is 0 Å². The lowest BCUT2D eigenvalue weighted by Crippen LogP contribution is -2.36. The molecule has 0 aromatic heterocycles. The third-order valence-electron chi connectivity index (χ3n) is 4.90. The van der Waals surface area contributed by atoms with E-state index < -0.39 is 36.8 Å². The zero-order chi connectivity index (χ0) is 23.9. The Morgan fingerprint density at radius 1 is 0.818 bits per heavy atom. The minimum Gasteiger partial charge on any atom is -0.454 e. The van der Waals surface area contributed by atoms with Gasteiger partial charge < -0.3 is 10.1 Å². The molecule has 3 aromatic carbocycles. The van der Waals surface area contributed by atoms with E-state index in [9.17, 15) is 19.2 Å². The second-order valence-corrected chi connectivity index (χ2v) is 8.45. The topological polar surface area (TPSA) is 92.8 Å². The Morgan fingerprint density at radius 3 is 2.03 bits per heavy atom. The highest BCUT2D eigenvalue weighted by atomic mass is 35.5. The zero-order valence-corrected chi connectivity index (χ0v) is 19.5. The number of carbonyl (C=O) groups excluding carboxylic acids is 4. The van der Waals surface area contributed by atoms with Crippen molar-refractivity contribution in [2.24, 2.45) is 0 Å². The molecule has 168 valence electrons. The van der Waals surface area contributed by atoms with Crippen LogP contribution in [0.3, 0.4) is 0 Å². The quantitative estimate of drug-likeness (QED) is 0.213. The van der Waals surface area contributed by atoms with Crippen LogP contribution in [-0.4, -0.2) is 41.7 Å². The van der Waals surface area contributed by atoms with Crippen LogP contribution in [0, 0.1) is 0 Å². The molecule has 7 nitrogen and oxygen atoms in total. The van der Waals surface area contributed by atoms with Crippen molar-refractivity contribution in [3.63, 3.8) is 0 Å². The maximum atomic E-state index is 12.7. The van der Waals surface area contributed by atoms with E-state index in [2.05, 4.69) is 5.32 Å². The standard InChI is InChI=1S/C22H12Cl4N2O5/c23-17-15-16(18(24)20(26)19(17)25)22(32)28(21(15)31)8-14(30)33-9-13(29)27-12-7-3-5-10-4-1-2-6-11(10)12/h1-7H,8-9H2,(H,27,29). The van der Waals surface area contributed by atoms with E-state index in [1.807, 2.05) is 30.3 Å². The second kappa shape index (κ2) is 9.19. The molecule has 0 saturated carbocycles. The van der Waals surface area contributed by atoms with Gasteiger partial charge in [0.25, 0.3) is 17.7 Å². The first-order chi connectivity index (χ1) is 15.7. The summed E-state index contributed by atoms with van der Waals surface area (Å²) in [5.41, 5.74) is 0.0534. The van der Waals surface area contributed by atoms with Gasteiger partial charge in [0.15, 0.2) is 6.61 Å². The summed E-state index contributed by atoms with van der Waals surface area (Å²) < 4.78 is 4.94. The van der Waals surface area contributed by atoms with Gasteiger partial charge in [0, 0.05) is 11.1 Å². The Morgan fingerprint density at radius 2 is 1.39 bits per heavy atom. The summed E-state index contributed by atoms with van der Waals surface area (Å²) in [6.07, 6.45) is 0. The van der Waals surface area contributed by atoms with E-state index in [1.165, 1.54) is 0 Å². The Hall–Kier alpha value is -2.84. The fourth-order valence-corrected chi connectivity index (χ4v) is 4.39. The van der Waals surface area contributed by atoms with Gasteiger partial charge in [-0.1, -0.05) is 82.8 Å². The van der Waals surface area contributed by atoms with Crippen molar-refractivity contribution in [1.29, 1.82) is 0 Å². The molecule has 3 amide bonds. The van der Waals surface area contributed by atoms with Crippen LogP contribution in [-0.2, 0) is 14.3 Å². The normalized spacial score (nSPS) is 12.8. The number of anilines is 1. The monoisotopic (exact) mass is 524 g/mol. The molecular weight excluding hydrogens is 514 g/mol. The summed E-state index contributed by atoms with van der Waals surface area (Å²) in [5, 5.41) is 3.55. The predicted molar refractivity (Wildman–Crippen MR) is 125 cm³/mol. The van der Waals surface area contributed by atoms with Crippen molar-refractivity contribution in [3.8, 4) is 0 Å². The largest absolute Gasteiger partial charge is 0.454 e. The van der Waals surface area contributed by atoms with E-state index in [4.69, 9.17) is 51.1 Å². The Bertz CT molecular complexity index is 1310. The number of imide groups is 1. The number of amides is 3. The van der Waals surface area contributed by atoms with Crippen LogP contribution >= 0.6 is 46.4 Å². The number of carbonyl (C=O) groups is 4. The number of esters is 1. The molecule has 33 heavy (non-hydrogen) atoms. The number of nitrogens with one attached hydrogen (secondary N) is 1. The van der Waals surface area contributed by atoms with Crippen LogP contribution in [0.4, 0.5) is 5.69 Å². The van der Waals surface area contributed by atoms with Crippen molar-refractivity contribution < 1.29 is 23.9 Å². The average Bonchev–Trinajstić information content (AvgIpc) is 3.05. The van der Waals surface area contributed by atoms with Gasteiger partial charge in [-0.05, 0) is 11.5 Å². The van der Waals surface area contributed by atoms with E-state index in [-0.39, 0.29) is 31.2 Å². The summed E-state index contributed by atoms with van der Waals surface area (Å²) in [7, 11) is 0. The number of hydrogen-bond donors (Lipinski definition) is 1. The molecule has 4 rings (SSSR count). The predicted octanol–water partition coefficient (Wildman–Crippen LogP) is 5.23. The molecule has 3 aromatic rings. The first kappa shape index (κ1) is 23.3. The van der Waals surface area contributed by atoms with Crippen LogP contribution in [0.2, 0.25) is 20.1 Å². The second-order valence-electron chi connectivity index (χ2n) is 6.94. The molecule has 0 fully saturated rings. The molecule has 1 aliphatic heterocycles. The van der Waals surface area contributed by atoms with Crippen LogP contribution in [0.25, 0.3) is 10.8 Å². The van der Waals surface area contributed by atoms with Gasteiger partial charge in [-0.25, -0.2) is 0 Å². The number of hydrogen-bond acceptors (Lipinski definition) is 5. The minimum absolute atomic E-state index is 0.183. The Balaban J connectivity index is 1.41. The van der Waals surface area contributed by atoms with Gasteiger partial charge in [-0.15, -0.1) is 0 Å². The molecule has 1 N–H and O–H groups in total. The lowest BCUT2D eigenvalue weighted by molar-refractivity contribution is -0.147. The van der Waals surface area contributed by atoms with E-state index in [1.54, 1.807) is 12.1 Å². The van der Waals surface area contributed by atoms with Crippen LogP contribution in [0.1, 0.15) is 20.7 Å². The summed E-state index contributed by atoms with van der Waals surface area (Å²) in [6.45, 7) is -1.37. The highest BCUT2D eigenvalue weighted by Gasteiger charge is 2.42. The number of ether oxygens (including phenoxy) is 1. The molecule has 1 aliphatic rings. The molecule has 0 unspecified atom stereocenters. The molecule has 11 heteroatoms. The van der Waals surface area contributed by atoms with Gasteiger partial charge in [-0.2, -0.15) is 0 Å². The Kier molecular flexibility index (Phi) is 6.50. The van der Waals surface area contributed by atoms with Crippen molar-refractivity contribution in [1.82, 2.24) is 4.90 Å². The lowest BCUT2D eigenvalue weighted by atomic mass is 10.1. The van der Waals surface area contributed by atoms with Gasteiger partial charge in [0.1, 0.15) is 6.54 Å². The zero-order valence-electron chi connectivity index (χ0n) is 16.5. The molecule has 0 radical (unpaired) electrons. The van der Waals surface area contributed by atoms with Crippen LogP contribution in [0.5, 0.6) is 0 Å². The SMILES string of the molecule is O=C(COC(=O)CN1C(=O)c2c(Cl)c(Cl)c(Cl)c(Cl)c2C1=O)Nc1cccc2ccccc12. The van der Waals surface area contributed by atoms with Crippen molar-refractivity contribution in [2.45, 2.75) is 0 Å². The van der Waals surface area contributed by atoms with Gasteiger partial charge in [0.2, 0.25) is 0 Å². The number of benzene rings is 3. The first-order valence-electron chi connectivity index (χ1n) is 9.36. The van der Waals surface area contributed by atoms with Gasteiger partial charge in [-0.3, -0.25) is 24.1 Å². The maximum absolute atomic E-state index is 12.7. The highest BCUT2D eigenvalue weighted by molar-refractivity contribution is 6.55. The van der Waals surface area contributed by atoms with Gasteiger partial charge in [0.05, 0.1) is 31.2 Å². The summed E-state index contributed by atoms with van der Waals surface area (Å²) in [4.78, 5) is 50.4. The van der Waals surface area contributed by atoms with Crippen LogP contribution < -0.4 is 5.32 Å². The smallest absolute Gasteiger partial charge is 0.326 e. The molecule has 0 spiro atoms. The number of fused-ring (bicyclic) bond motifs is 2. The molecule has 0 saturated heterocycles. The minimum atomic E-state index is -0.984. The van der Waals surface area contributed by atoms with Crippen LogP contribution in [0.15, 0.2) is 42.5 Å². The summed E-state index contributed by atoms with van der Waals surface area (Å²) in [5.74, 6) is -3.33. The molecule has 0 atom stereocenters. The summed E-state index contributed by atoms with van der Waals surface area (Å²) in [6, 6.07) is 12.8. The first-order valence-corrected chi connectivity index (χ1v) is 10.9. The molecular formula is C22H12Cl4N2O5. The highest BCUT2D eigenvalue weighted by Crippen LogP contribution is 2.44. The molecule has 1 heterocycles. The van der Waals surface area contributed by atoms with E-state index in [0.717, 1.165) is 10.8 Å². The Labute approximate surface area is 207 Å². The summed E-state index contributed by atoms with van der Waals surface area (Å²) >= 11 is 24.0. The van der Waals surface area contributed by atoms with Crippen molar-refractivity contribution >= 4 is 86.6 Å².